The smallest absolute Gasteiger partial charge is 0.271 e. The zero-order valence-electron chi connectivity index (χ0n) is 10.2. The first-order valence-electron chi connectivity index (χ1n) is 5.45. The molecule has 1 unspecified atom stereocenters. The third-order valence-electron chi connectivity index (χ3n) is 2.71. The molecule has 0 fully saturated rings. The molecule has 4 nitrogen and oxygen atoms in total. The Hall–Kier alpha value is -0.790. The Morgan fingerprint density at radius 2 is 2.11 bits per heavy atom. The van der Waals surface area contributed by atoms with Crippen molar-refractivity contribution >= 4 is 11.6 Å². The van der Waals surface area contributed by atoms with Crippen LogP contribution in [0.4, 0.5) is 13.2 Å². The summed E-state index contributed by atoms with van der Waals surface area (Å²) in [7, 11) is 1.70. The van der Waals surface area contributed by atoms with Gasteiger partial charge in [0, 0.05) is 25.9 Å². The van der Waals surface area contributed by atoms with Crippen molar-refractivity contribution in [3.05, 3.63) is 16.4 Å². The van der Waals surface area contributed by atoms with Crippen molar-refractivity contribution in [2.24, 2.45) is 12.9 Å². The summed E-state index contributed by atoms with van der Waals surface area (Å²) in [6.07, 6.45) is -4.85. The molecule has 0 saturated heterocycles. The summed E-state index contributed by atoms with van der Waals surface area (Å²) >= 11 is 6.03. The average Bonchev–Trinajstić information content (AvgIpc) is 2.48. The first-order valence-corrected chi connectivity index (χ1v) is 5.83. The standard InChI is InChI=1S/C10H16ClF3N4/c1-6-9(11)8(18(2)17-6)5-7(16-15)3-4-10(12,13)14/h7,16H,3-5,15H2,1-2H3. The SMILES string of the molecule is Cc1nn(C)c(CC(CCC(F)(F)F)NN)c1Cl. The van der Waals surface area contributed by atoms with E-state index in [4.69, 9.17) is 17.4 Å². The van der Waals surface area contributed by atoms with Gasteiger partial charge in [-0.2, -0.15) is 18.3 Å². The molecule has 104 valence electrons. The highest BCUT2D eigenvalue weighted by atomic mass is 35.5. The van der Waals surface area contributed by atoms with Gasteiger partial charge in [0.05, 0.1) is 16.4 Å². The molecule has 1 aromatic rings. The number of halogens is 4. The Bertz CT molecular complexity index is 403. The van der Waals surface area contributed by atoms with E-state index in [2.05, 4.69) is 10.5 Å². The van der Waals surface area contributed by atoms with Gasteiger partial charge in [0.1, 0.15) is 0 Å². The molecular formula is C10H16ClF3N4. The maximum Gasteiger partial charge on any atom is 0.389 e. The summed E-state index contributed by atoms with van der Waals surface area (Å²) in [5.41, 5.74) is 3.72. The Kier molecular flexibility index (Phi) is 5.01. The summed E-state index contributed by atoms with van der Waals surface area (Å²) in [6.45, 7) is 1.74. The van der Waals surface area contributed by atoms with E-state index in [1.54, 1.807) is 18.7 Å². The molecule has 0 aliphatic heterocycles. The summed E-state index contributed by atoms with van der Waals surface area (Å²) in [6, 6.07) is -0.487. The topological polar surface area (TPSA) is 55.9 Å². The van der Waals surface area contributed by atoms with Crippen LogP contribution >= 0.6 is 11.6 Å². The minimum atomic E-state index is -4.18. The molecule has 0 spiro atoms. The van der Waals surface area contributed by atoms with Crippen LogP contribution in [0, 0.1) is 6.92 Å². The number of hydrogen-bond donors (Lipinski definition) is 2. The Morgan fingerprint density at radius 3 is 2.50 bits per heavy atom. The molecule has 3 N–H and O–H groups in total. The molecule has 0 aliphatic rings. The molecule has 0 aromatic carbocycles. The van der Waals surface area contributed by atoms with Gasteiger partial charge >= 0.3 is 6.18 Å². The fourth-order valence-electron chi connectivity index (χ4n) is 1.72. The summed E-state index contributed by atoms with van der Waals surface area (Å²) in [5, 5.41) is 4.58. The number of nitrogens with zero attached hydrogens (tertiary/aromatic N) is 2. The van der Waals surface area contributed by atoms with E-state index in [1.807, 2.05) is 0 Å². The monoisotopic (exact) mass is 284 g/mol. The van der Waals surface area contributed by atoms with Crippen molar-refractivity contribution in [1.82, 2.24) is 15.2 Å². The Balaban J connectivity index is 2.68. The number of nitrogens with one attached hydrogen (secondary N) is 1. The lowest BCUT2D eigenvalue weighted by molar-refractivity contribution is -0.136. The van der Waals surface area contributed by atoms with Gasteiger partial charge in [-0.1, -0.05) is 11.6 Å². The lowest BCUT2D eigenvalue weighted by Crippen LogP contribution is -2.38. The van der Waals surface area contributed by atoms with Crippen LogP contribution in [-0.4, -0.2) is 22.0 Å². The van der Waals surface area contributed by atoms with Crippen molar-refractivity contribution in [3.8, 4) is 0 Å². The number of nitrogens with two attached hydrogens (primary N) is 1. The molecule has 0 amide bonds. The van der Waals surface area contributed by atoms with E-state index in [0.717, 1.165) is 0 Å². The molecular weight excluding hydrogens is 269 g/mol. The molecule has 1 aromatic heterocycles. The molecule has 8 heteroatoms. The normalized spacial score (nSPS) is 13.9. The first kappa shape index (κ1) is 15.3. The third kappa shape index (κ3) is 4.15. The maximum atomic E-state index is 12.1. The van der Waals surface area contributed by atoms with Gasteiger partial charge in [0.2, 0.25) is 0 Å². The predicted molar refractivity (Wildman–Crippen MR) is 63.1 cm³/mol. The lowest BCUT2D eigenvalue weighted by atomic mass is 10.1. The first-order chi connectivity index (χ1) is 8.24. The average molecular weight is 285 g/mol. The van der Waals surface area contributed by atoms with Gasteiger partial charge in [-0.3, -0.25) is 16.0 Å². The van der Waals surface area contributed by atoms with Crippen molar-refractivity contribution in [3.63, 3.8) is 0 Å². The number of aryl methyl sites for hydroxylation is 2. The van der Waals surface area contributed by atoms with Crippen molar-refractivity contribution < 1.29 is 13.2 Å². The second-order valence-electron chi connectivity index (χ2n) is 4.19. The van der Waals surface area contributed by atoms with Gasteiger partial charge in [-0.05, 0) is 13.3 Å². The number of aromatic nitrogens is 2. The molecule has 1 heterocycles. The van der Waals surface area contributed by atoms with E-state index >= 15 is 0 Å². The molecule has 1 atom stereocenters. The van der Waals surface area contributed by atoms with Gasteiger partial charge in [-0.25, -0.2) is 0 Å². The van der Waals surface area contributed by atoms with Crippen LogP contribution in [0.5, 0.6) is 0 Å². The van der Waals surface area contributed by atoms with Crippen LogP contribution in [-0.2, 0) is 13.5 Å². The minimum Gasteiger partial charge on any atom is -0.271 e. The van der Waals surface area contributed by atoms with Crippen molar-refractivity contribution in [2.75, 3.05) is 0 Å². The van der Waals surface area contributed by atoms with Gasteiger partial charge in [0.15, 0.2) is 0 Å². The summed E-state index contributed by atoms with van der Waals surface area (Å²) in [4.78, 5) is 0. The van der Waals surface area contributed by atoms with E-state index in [-0.39, 0.29) is 6.42 Å². The zero-order chi connectivity index (χ0) is 13.9. The largest absolute Gasteiger partial charge is 0.389 e. The highest BCUT2D eigenvalue weighted by Crippen LogP contribution is 2.25. The molecule has 0 saturated carbocycles. The van der Waals surface area contributed by atoms with Crippen LogP contribution in [0.2, 0.25) is 5.02 Å². The molecule has 0 aliphatic carbocycles. The zero-order valence-corrected chi connectivity index (χ0v) is 10.9. The Labute approximate surface area is 108 Å². The molecule has 0 radical (unpaired) electrons. The molecule has 0 bridgehead atoms. The number of hydrogen-bond acceptors (Lipinski definition) is 3. The molecule has 18 heavy (non-hydrogen) atoms. The van der Waals surface area contributed by atoms with Crippen LogP contribution in [0.25, 0.3) is 0 Å². The number of hydrazine groups is 1. The van der Waals surface area contributed by atoms with Gasteiger partial charge in [0.25, 0.3) is 0 Å². The second kappa shape index (κ2) is 5.90. The van der Waals surface area contributed by atoms with E-state index in [9.17, 15) is 13.2 Å². The van der Waals surface area contributed by atoms with E-state index in [1.165, 1.54) is 0 Å². The van der Waals surface area contributed by atoms with Crippen molar-refractivity contribution in [1.29, 1.82) is 0 Å². The second-order valence-corrected chi connectivity index (χ2v) is 4.57. The third-order valence-corrected chi connectivity index (χ3v) is 3.21. The highest BCUT2D eigenvalue weighted by Gasteiger charge is 2.28. The number of rotatable bonds is 5. The van der Waals surface area contributed by atoms with Gasteiger partial charge < -0.3 is 0 Å². The minimum absolute atomic E-state index is 0.0967. The fraction of sp³-hybridized carbons (Fsp3) is 0.700. The maximum absolute atomic E-state index is 12.1. The Morgan fingerprint density at radius 1 is 1.50 bits per heavy atom. The lowest BCUT2D eigenvalue weighted by Gasteiger charge is -2.17. The molecule has 1 rings (SSSR count). The fourth-order valence-corrected chi connectivity index (χ4v) is 1.95. The predicted octanol–water partition coefficient (Wildman–Crippen LogP) is 2.10. The van der Waals surface area contributed by atoms with Crippen LogP contribution in [0.15, 0.2) is 0 Å². The van der Waals surface area contributed by atoms with Crippen molar-refractivity contribution in [2.45, 2.75) is 38.4 Å². The van der Waals surface area contributed by atoms with E-state index < -0.39 is 18.6 Å². The van der Waals surface area contributed by atoms with Crippen LogP contribution in [0.1, 0.15) is 24.2 Å². The summed E-state index contributed by atoms with van der Waals surface area (Å²) in [5.74, 6) is 5.27. The quantitative estimate of drug-likeness (QED) is 0.643. The highest BCUT2D eigenvalue weighted by molar-refractivity contribution is 6.31. The number of alkyl halides is 3. The summed E-state index contributed by atoms with van der Waals surface area (Å²) < 4.78 is 38.0. The van der Waals surface area contributed by atoms with Crippen LogP contribution < -0.4 is 11.3 Å². The van der Waals surface area contributed by atoms with Gasteiger partial charge in [-0.15, -0.1) is 0 Å². The van der Waals surface area contributed by atoms with E-state index in [0.29, 0.717) is 22.8 Å². The van der Waals surface area contributed by atoms with Crippen LogP contribution in [0.3, 0.4) is 0 Å².